The Bertz CT molecular complexity index is 470. The third-order valence-corrected chi connectivity index (χ3v) is 4.07. The number of halogens is 1. The summed E-state index contributed by atoms with van der Waals surface area (Å²) in [5.41, 5.74) is 7.25. The third-order valence-electron chi connectivity index (χ3n) is 2.39. The lowest BCUT2D eigenvalue weighted by Gasteiger charge is -2.13. The summed E-state index contributed by atoms with van der Waals surface area (Å²) in [5, 5.41) is 2.03. The number of hydrogen-bond acceptors (Lipinski definition) is 3. The van der Waals surface area contributed by atoms with Crippen LogP contribution >= 0.6 is 27.3 Å². The molecule has 0 saturated carbocycles. The fraction of sp³-hybridized carbons (Fsp3) is 0.167. The van der Waals surface area contributed by atoms with Crippen molar-refractivity contribution in [2.24, 2.45) is 5.73 Å². The van der Waals surface area contributed by atoms with Crippen molar-refractivity contribution in [2.45, 2.75) is 6.04 Å². The summed E-state index contributed by atoms with van der Waals surface area (Å²) in [6.45, 7) is 0. The first-order valence-electron chi connectivity index (χ1n) is 4.85. The van der Waals surface area contributed by atoms with Crippen LogP contribution in [-0.2, 0) is 0 Å². The molecule has 2 nitrogen and oxygen atoms in total. The number of benzene rings is 1. The summed E-state index contributed by atoms with van der Waals surface area (Å²) in [5.74, 6) is 0.824. The highest BCUT2D eigenvalue weighted by atomic mass is 79.9. The summed E-state index contributed by atoms with van der Waals surface area (Å²) in [4.78, 5) is 1.15. The first-order valence-corrected chi connectivity index (χ1v) is 6.52. The van der Waals surface area contributed by atoms with Gasteiger partial charge in [0, 0.05) is 9.35 Å². The first-order chi connectivity index (χ1) is 7.72. The zero-order valence-electron chi connectivity index (χ0n) is 8.81. The zero-order valence-corrected chi connectivity index (χ0v) is 11.2. The molecule has 1 aromatic heterocycles. The maximum atomic E-state index is 6.21. The molecule has 2 N–H and O–H groups in total. The fourth-order valence-corrected chi connectivity index (χ4v) is 2.75. The highest BCUT2D eigenvalue weighted by Crippen LogP contribution is 2.31. The number of ether oxygens (including phenoxy) is 1. The van der Waals surface area contributed by atoms with E-state index in [0.717, 1.165) is 20.7 Å². The van der Waals surface area contributed by atoms with Crippen LogP contribution in [0.1, 0.15) is 16.5 Å². The monoisotopic (exact) mass is 297 g/mol. The van der Waals surface area contributed by atoms with Gasteiger partial charge in [-0.25, -0.2) is 0 Å². The molecule has 0 bridgehead atoms. The van der Waals surface area contributed by atoms with Gasteiger partial charge in [0.1, 0.15) is 5.75 Å². The molecule has 16 heavy (non-hydrogen) atoms. The van der Waals surface area contributed by atoms with E-state index in [-0.39, 0.29) is 6.04 Å². The lowest BCUT2D eigenvalue weighted by atomic mass is 10.1. The van der Waals surface area contributed by atoms with Crippen LogP contribution in [0.3, 0.4) is 0 Å². The molecular formula is C12H12BrNOS. The lowest BCUT2D eigenvalue weighted by Crippen LogP contribution is -2.11. The molecule has 0 saturated heterocycles. The van der Waals surface area contributed by atoms with Gasteiger partial charge in [0.25, 0.3) is 0 Å². The van der Waals surface area contributed by atoms with Crippen LogP contribution in [0.25, 0.3) is 0 Å². The SMILES string of the molecule is COc1ccc(Br)c([C@@H](N)c2cccs2)c1. The second kappa shape index (κ2) is 4.99. The number of rotatable bonds is 3. The van der Waals surface area contributed by atoms with Crippen LogP contribution in [0.15, 0.2) is 40.2 Å². The van der Waals surface area contributed by atoms with Gasteiger partial charge in [-0.1, -0.05) is 22.0 Å². The van der Waals surface area contributed by atoms with Crippen molar-refractivity contribution >= 4 is 27.3 Å². The molecule has 0 aliphatic carbocycles. The van der Waals surface area contributed by atoms with Gasteiger partial charge >= 0.3 is 0 Å². The van der Waals surface area contributed by atoms with Crippen molar-refractivity contribution in [2.75, 3.05) is 7.11 Å². The Hall–Kier alpha value is -0.840. The Balaban J connectivity index is 2.39. The van der Waals surface area contributed by atoms with Gasteiger partial charge in [0.05, 0.1) is 13.2 Å². The van der Waals surface area contributed by atoms with E-state index in [4.69, 9.17) is 10.5 Å². The Morgan fingerprint density at radius 3 is 2.81 bits per heavy atom. The number of thiophene rings is 1. The second-order valence-electron chi connectivity index (χ2n) is 3.38. The van der Waals surface area contributed by atoms with Crippen LogP contribution in [-0.4, -0.2) is 7.11 Å². The number of nitrogens with two attached hydrogens (primary N) is 1. The second-order valence-corrected chi connectivity index (χ2v) is 5.21. The minimum Gasteiger partial charge on any atom is -0.497 e. The van der Waals surface area contributed by atoms with Gasteiger partial charge < -0.3 is 10.5 Å². The molecule has 0 fully saturated rings. The van der Waals surface area contributed by atoms with Crippen molar-refractivity contribution in [1.82, 2.24) is 0 Å². The van der Waals surface area contributed by atoms with Crippen molar-refractivity contribution in [1.29, 1.82) is 0 Å². The summed E-state index contributed by atoms with van der Waals surface area (Å²) in [7, 11) is 1.66. The predicted molar refractivity (Wildman–Crippen MR) is 71.0 cm³/mol. The highest BCUT2D eigenvalue weighted by Gasteiger charge is 2.13. The average Bonchev–Trinajstić information content (AvgIpc) is 2.82. The van der Waals surface area contributed by atoms with Gasteiger partial charge in [-0.05, 0) is 35.2 Å². The van der Waals surface area contributed by atoms with Gasteiger partial charge in [-0.2, -0.15) is 0 Å². The van der Waals surface area contributed by atoms with E-state index in [2.05, 4.69) is 15.9 Å². The van der Waals surface area contributed by atoms with Crippen LogP contribution in [0.2, 0.25) is 0 Å². The standard InChI is InChI=1S/C12H12BrNOS/c1-15-8-4-5-10(13)9(7-8)12(14)11-3-2-6-16-11/h2-7,12H,14H2,1H3/t12-/m1/s1. The molecule has 1 atom stereocenters. The zero-order chi connectivity index (χ0) is 11.5. The Kier molecular flexibility index (Phi) is 3.63. The average molecular weight is 298 g/mol. The molecule has 84 valence electrons. The van der Waals surface area contributed by atoms with E-state index < -0.39 is 0 Å². The molecule has 2 rings (SSSR count). The molecule has 0 amide bonds. The van der Waals surface area contributed by atoms with Gasteiger partial charge in [-0.3, -0.25) is 0 Å². The maximum Gasteiger partial charge on any atom is 0.119 e. The van der Waals surface area contributed by atoms with E-state index in [1.54, 1.807) is 18.4 Å². The molecule has 1 heterocycles. The highest BCUT2D eigenvalue weighted by molar-refractivity contribution is 9.10. The lowest BCUT2D eigenvalue weighted by molar-refractivity contribution is 0.414. The van der Waals surface area contributed by atoms with Gasteiger partial charge in [0.2, 0.25) is 0 Å². The Morgan fingerprint density at radius 2 is 2.19 bits per heavy atom. The molecular weight excluding hydrogens is 286 g/mol. The van der Waals surface area contributed by atoms with E-state index in [0.29, 0.717) is 0 Å². The fourth-order valence-electron chi connectivity index (χ4n) is 1.51. The quantitative estimate of drug-likeness (QED) is 0.940. The largest absolute Gasteiger partial charge is 0.497 e. The van der Waals surface area contributed by atoms with Crippen LogP contribution in [0.4, 0.5) is 0 Å². The third kappa shape index (κ3) is 2.29. The number of hydrogen-bond donors (Lipinski definition) is 1. The van der Waals surface area contributed by atoms with E-state index >= 15 is 0 Å². The van der Waals surface area contributed by atoms with Crippen LogP contribution in [0, 0.1) is 0 Å². The van der Waals surface area contributed by atoms with Gasteiger partial charge in [-0.15, -0.1) is 11.3 Å². The molecule has 2 aromatic rings. The maximum absolute atomic E-state index is 6.21. The topological polar surface area (TPSA) is 35.2 Å². The molecule has 0 spiro atoms. The molecule has 0 aliphatic heterocycles. The summed E-state index contributed by atoms with van der Waals surface area (Å²) >= 11 is 5.18. The summed E-state index contributed by atoms with van der Waals surface area (Å²) in [6, 6.07) is 9.78. The van der Waals surface area contributed by atoms with E-state index in [1.165, 1.54) is 0 Å². The van der Waals surface area contributed by atoms with Crippen molar-refractivity contribution < 1.29 is 4.74 Å². The normalized spacial score (nSPS) is 12.4. The predicted octanol–water partition coefficient (Wildman–Crippen LogP) is 3.57. The van der Waals surface area contributed by atoms with E-state index in [1.807, 2.05) is 35.7 Å². The van der Waals surface area contributed by atoms with Crippen molar-refractivity contribution in [3.63, 3.8) is 0 Å². The molecule has 0 unspecified atom stereocenters. The Morgan fingerprint density at radius 1 is 1.38 bits per heavy atom. The van der Waals surface area contributed by atoms with Crippen molar-refractivity contribution in [3.8, 4) is 5.75 Å². The minimum absolute atomic E-state index is 0.107. The minimum atomic E-state index is -0.107. The molecule has 0 radical (unpaired) electrons. The van der Waals surface area contributed by atoms with E-state index in [9.17, 15) is 0 Å². The van der Waals surface area contributed by atoms with Crippen molar-refractivity contribution in [3.05, 3.63) is 50.6 Å². The van der Waals surface area contributed by atoms with Crippen LogP contribution < -0.4 is 10.5 Å². The molecule has 0 aliphatic rings. The summed E-state index contributed by atoms with van der Waals surface area (Å²) in [6.07, 6.45) is 0. The molecule has 1 aromatic carbocycles. The smallest absolute Gasteiger partial charge is 0.119 e. The number of methoxy groups -OCH3 is 1. The first kappa shape index (κ1) is 11.6. The van der Waals surface area contributed by atoms with Gasteiger partial charge in [0.15, 0.2) is 0 Å². The molecule has 4 heteroatoms. The Labute approximate surface area is 107 Å². The van der Waals surface area contributed by atoms with Crippen LogP contribution in [0.5, 0.6) is 5.75 Å². The summed E-state index contributed by atoms with van der Waals surface area (Å²) < 4.78 is 6.21.